The van der Waals surface area contributed by atoms with Gasteiger partial charge in [0.15, 0.2) is 0 Å². The van der Waals surface area contributed by atoms with Crippen molar-refractivity contribution in [2.45, 2.75) is 25.6 Å². The maximum Gasteiger partial charge on any atom is 0.418 e. The molecule has 0 saturated heterocycles. The van der Waals surface area contributed by atoms with Gasteiger partial charge in [-0.3, -0.25) is 9.59 Å². The van der Waals surface area contributed by atoms with E-state index in [1.807, 2.05) is 30.3 Å². The van der Waals surface area contributed by atoms with Crippen molar-refractivity contribution in [3.05, 3.63) is 65.9 Å². The SMILES string of the molecule is Cc1nn2c(c1-c1ccccc1)NC(=O)C2CC(=O)Nc1ccccc1C(F)(F)F. The van der Waals surface area contributed by atoms with Gasteiger partial charge in [0.05, 0.1) is 23.4 Å². The number of aromatic nitrogens is 2. The molecule has 1 aromatic heterocycles. The molecule has 0 bridgehead atoms. The summed E-state index contributed by atoms with van der Waals surface area (Å²) in [6.07, 6.45) is -4.95. The van der Waals surface area contributed by atoms with E-state index in [9.17, 15) is 22.8 Å². The average Bonchev–Trinajstić information content (AvgIpc) is 3.16. The molecule has 9 heteroatoms. The Morgan fingerprint density at radius 2 is 1.80 bits per heavy atom. The molecule has 0 aliphatic carbocycles. The molecule has 3 aromatic rings. The standard InChI is InChI=1S/C21H17F3N4O2/c1-12-18(13-7-3-2-4-8-13)19-26-20(30)16(28(19)27-12)11-17(29)25-15-10-6-5-9-14(15)21(22,23)24/h2-10,16H,11H2,1H3,(H,25,29)(H,26,30). The number of halogens is 3. The highest BCUT2D eigenvalue weighted by Crippen LogP contribution is 2.38. The monoisotopic (exact) mass is 414 g/mol. The van der Waals surface area contributed by atoms with Crippen LogP contribution in [0.25, 0.3) is 11.1 Å². The number of para-hydroxylation sites is 1. The zero-order valence-electron chi connectivity index (χ0n) is 15.8. The molecule has 4 rings (SSSR count). The number of hydrogen-bond acceptors (Lipinski definition) is 3. The van der Waals surface area contributed by atoms with Gasteiger partial charge in [-0.15, -0.1) is 0 Å². The average molecular weight is 414 g/mol. The lowest BCUT2D eigenvalue weighted by molar-refractivity contribution is -0.137. The van der Waals surface area contributed by atoms with Crippen molar-refractivity contribution >= 4 is 23.3 Å². The van der Waals surface area contributed by atoms with Crippen molar-refractivity contribution in [1.29, 1.82) is 0 Å². The van der Waals surface area contributed by atoms with Crippen LogP contribution in [0.5, 0.6) is 0 Å². The van der Waals surface area contributed by atoms with E-state index >= 15 is 0 Å². The van der Waals surface area contributed by atoms with E-state index in [2.05, 4.69) is 15.7 Å². The molecular weight excluding hydrogens is 397 g/mol. The third-order valence-electron chi connectivity index (χ3n) is 4.87. The second kappa shape index (κ2) is 7.33. The number of fused-ring (bicyclic) bond motifs is 1. The van der Waals surface area contributed by atoms with Crippen LogP contribution in [0.4, 0.5) is 24.7 Å². The minimum absolute atomic E-state index is 0.347. The van der Waals surface area contributed by atoms with E-state index in [0.29, 0.717) is 11.5 Å². The number of rotatable bonds is 4. The van der Waals surface area contributed by atoms with Crippen LogP contribution in [0.2, 0.25) is 0 Å². The van der Waals surface area contributed by atoms with Gasteiger partial charge in [0, 0.05) is 5.56 Å². The number of anilines is 2. The summed E-state index contributed by atoms with van der Waals surface area (Å²) < 4.78 is 40.9. The number of amides is 2. The van der Waals surface area contributed by atoms with E-state index in [1.165, 1.54) is 22.9 Å². The highest BCUT2D eigenvalue weighted by atomic mass is 19.4. The van der Waals surface area contributed by atoms with Crippen LogP contribution in [-0.4, -0.2) is 21.6 Å². The summed E-state index contributed by atoms with van der Waals surface area (Å²) in [5.74, 6) is -0.680. The summed E-state index contributed by atoms with van der Waals surface area (Å²) in [6, 6.07) is 13.1. The Balaban J connectivity index is 1.58. The quantitative estimate of drug-likeness (QED) is 0.665. The van der Waals surface area contributed by atoms with Gasteiger partial charge in [0.1, 0.15) is 11.9 Å². The van der Waals surface area contributed by atoms with Gasteiger partial charge in [0.2, 0.25) is 5.91 Å². The van der Waals surface area contributed by atoms with Crippen LogP contribution < -0.4 is 10.6 Å². The molecule has 0 saturated carbocycles. The van der Waals surface area contributed by atoms with Gasteiger partial charge >= 0.3 is 6.18 Å². The summed E-state index contributed by atoms with van der Waals surface area (Å²) >= 11 is 0. The largest absolute Gasteiger partial charge is 0.418 e. The van der Waals surface area contributed by atoms with Crippen molar-refractivity contribution in [1.82, 2.24) is 9.78 Å². The molecule has 2 N–H and O–H groups in total. The van der Waals surface area contributed by atoms with Gasteiger partial charge in [-0.2, -0.15) is 18.3 Å². The normalized spacial score (nSPS) is 15.6. The van der Waals surface area contributed by atoms with Crippen LogP contribution >= 0.6 is 0 Å². The summed E-state index contributed by atoms with van der Waals surface area (Å²) in [4.78, 5) is 24.9. The number of hydrogen-bond donors (Lipinski definition) is 2. The first kappa shape index (κ1) is 19.7. The van der Waals surface area contributed by atoms with Crippen LogP contribution in [0.3, 0.4) is 0 Å². The molecule has 154 valence electrons. The van der Waals surface area contributed by atoms with Crippen LogP contribution in [-0.2, 0) is 15.8 Å². The Hall–Kier alpha value is -3.62. The maximum absolute atomic E-state index is 13.1. The zero-order chi connectivity index (χ0) is 21.5. The number of carbonyl (C=O) groups excluding carboxylic acids is 2. The Labute approximate surface area is 169 Å². The van der Waals surface area contributed by atoms with Gasteiger partial charge in [-0.05, 0) is 24.6 Å². The molecule has 0 fully saturated rings. The minimum Gasteiger partial charge on any atom is -0.325 e. The number of benzene rings is 2. The first-order chi connectivity index (χ1) is 14.3. The van der Waals surface area contributed by atoms with E-state index in [1.54, 1.807) is 6.92 Å². The molecule has 2 amide bonds. The molecule has 1 atom stereocenters. The molecule has 30 heavy (non-hydrogen) atoms. The van der Waals surface area contributed by atoms with Crippen molar-refractivity contribution in [3.63, 3.8) is 0 Å². The minimum atomic E-state index is -4.61. The lowest BCUT2D eigenvalue weighted by atomic mass is 10.1. The van der Waals surface area contributed by atoms with Gasteiger partial charge in [-0.1, -0.05) is 42.5 Å². The third-order valence-corrected chi connectivity index (χ3v) is 4.87. The van der Waals surface area contributed by atoms with E-state index in [-0.39, 0.29) is 12.1 Å². The summed E-state index contributed by atoms with van der Waals surface area (Å²) in [5, 5.41) is 9.40. The van der Waals surface area contributed by atoms with Gasteiger partial charge in [-0.25, -0.2) is 4.68 Å². The highest BCUT2D eigenvalue weighted by Gasteiger charge is 2.37. The number of nitrogens with one attached hydrogen (secondary N) is 2. The molecular formula is C21H17F3N4O2. The van der Waals surface area contributed by atoms with Gasteiger partial charge < -0.3 is 10.6 Å². The predicted molar refractivity (Wildman–Crippen MR) is 105 cm³/mol. The van der Waals surface area contributed by atoms with Crippen molar-refractivity contribution in [2.75, 3.05) is 10.6 Å². The fourth-order valence-corrected chi connectivity index (χ4v) is 3.55. The summed E-state index contributed by atoms with van der Waals surface area (Å²) in [7, 11) is 0. The maximum atomic E-state index is 13.1. The van der Waals surface area contributed by atoms with Crippen molar-refractivity contribution in [3.8, 4) is 11.1 Å². The molecule has 1 unspecified atom stereocenters. The van der Waals surface area contributed by atoms with Crippen LogP contribution in [0.1, 0.15) is 23.7 Å². The number of alkyl halides is 3. The number of nitrogens with zero attached hydrogens (tertiary/aromatic N) is 2. The Kier molecular flexibility index (Phi) is 4.81. The second-order valence-corrected chi connectivity index (χ2v) is 6.92. The lowest BCUT2D eigenvalue weighted by Gasteiger charge is -2.14. The molecule has 1 aliphatic heterocycles. The molecule has 1 aliphatic rings. The van der Waals surface area contributed by atoms with E-state index in [0.717, 1.165) is 17.2 Å². The topological polar surface area (TPSA) is 76.0 Å². The van der Waals surface area contributed by atoms with Gasteiger partial charge in [0.25, 0.3) is 5.91 Å². The zero-order valence-corrected chi connectivity index (χ0v) is 15.8. The smallest absolute Gasteiger partial charge is 0.325 e. The summed E-state index contributed by atoms with van der Waals surface area (Å²) in [6.45, 7) is 1.79. The van der Waals surface area contributed by atoms with E-state index in [4.69, 9.17) is 0 Å². The number of carbonyl (C=O) groups is 2. The molecule has 2 aromatic carbocycles. The van der Waals surface area contributed by atoms with Crippen molar-refractivity contribution in [2.24, 2.45) is 0 Å². The lowest BCUT2D eigenvalue weighted by Crippen LogP contribution is -2.24. The third kappa shape index (κ3) is 3.54. The molecule has 0 spiro atoms. The molecule has 6 nitrogen and oxygen atoms in total. The molecule has 0 radical (unpaired) electrons. The Morgan fingerprint density at radius 1 is 1.13 bits per heavy atom. The Morgan fingerprint density at radius 3 is 2.50 bits per heavy atom. The van der Waals surface area contributed by atoms with Crippen molar-refractivity contribution < 1.29 is 22.8 Å². The number of aryl methyl sites for hydroxylation is 1. The Bertz CT molecular complexity index is 1120. The fraction of sp³-hybridized carbons (Fsp3) is 0.190. The van der Waals surface area contributed by atoms with E-state index < -0.39 is 29.6 Å². The van der Waals surface area contributed by atoms with Crippen LogP contribution in [0, 0.1) is 6.92 Å². The first-order valence-electron chi connectivity index (χ1n) is 9.17. The second-order valence-electron chi connectivity index (χ2n) is 6.92. The highest BCUT2D eigenvalue weighted by molar-refractivity contribution is 6.04. The predicted octanol–water partition coefficient (Wildman–Crippen LogP) is 4.40. The molecule has 2 heterocycles. The summed E-state index contributed by atoms with van der Waals surface area (Å²) in [5.41, 5.74) is 0.977. The van der Waals surface area contributed by atoms with Crippen LogP contribution in [0.15, 0.2) is 54.6 Å². The first-order valence-corrected chi connectivity index (χ1v) is 9.17. The fourth-order valence-electron chi connectivity index (χ4n) is 3.55.